The Labute approximate surface area is 126 Å². The topological polar surface area (TPSA) is 64.8 Å². The second kappa shape index (κ2) is 6.91. The molecule has 2 rings (SSSR count). The number of likely N-dealkylation sites (tertiary alicyclic amines) is 1. The van der Waals surface area contributed by atoms with Crippen LogP contribution in [0.2, 0.25) is 0 Å². The molecule has 1 heterocycles. The fourth-order valence-corrected chi connectivity index (χ4v) is 2.52. The van der Waals surface area contributed by atoms with Gasteiger partial charge in [-0.1, -0.05) is 12.1 Å². The number of nitrogens with two attached hydrogens (primary N) is 1. The van der Waals surface area contributed by atoms with Gasteiger partial charge in [-0.25, -0.2) is 0 Å². The van der Waals surface area contributed by atoms with Crippen LogP contribution in [0.4, 0.5) is 0 Å². The molecule has 21 heavy (non-hydrogen) atoms. The summed E-state index contributed by atoms with van der Waals surface area (Å²) in [6.07, 6.45) is 0.664. The summed E-state index contributed by atoms with van der Waals surface area (Å²) in [7, 11) is 1.63. The Bertz CT molecular complexity index is 504. The van der Waals surface area contributed by atoms with Crippen LogP contribution >= 0.6 is 0 Å². The highest BCUT2D eigenvalue weighted by Crippen LogP contribution is 2.20. The van der Waals surface area contributed by atoms with Gasteiger partial charge in [-0.15, -0.1) is 0 Å². The Balaban J connectivity index is 1.91. The normalized spacial score (nSPS) is 22.2. The van der Waals surface area contributed by atoms with Gasteiger partial charge in [0, 0.05) is 26.2 Å². The van der Waals surface area contributed by atoms with Crippen LogP contribution in [0.15, 0.2) is 18.2 Å². The number of amides is 1. The molecule has 1 aliphatic heterocycles. The monoisotopic (exact) mass is 292 g/mol. The van der Waals surface area contributed by atoms with Crippen LogP contribution in [0.25, 0.3) is 0 Å². The van der Waals surface area contributed by atoms with Crippen molar-refractivity contribution in [2.45, 2.75) is 32.4 Å². The minimum atomic E-state index is -0.0941. The van der Waals surface area contributed by atoms with Crippen molar-refractivity contribution >= 4 is 5.91 Å². The molecule has 0 spiro atoms. The summed E-state index contributed by atoms with van der Waals surface area (Å²) in [5.74, 6) is 0.741. The van der Waals surface area contributed by atoms with Gasteiger partial charge in [0.1, 0.15) is 5.75 Å². The maximum Gasteiger partial charge on any atom is 0.260 e. The third-order valence-corrected chi connectivity index (χ3v) is 4.17. The number of hydrogen-bond donors (Lipinski definition) is 1. The number of piperidine rings is 1. The lowest BCUT2D eigenvalue weighted by Gasteiger charge is -2.35. The van der Waals surface area contributed by atoms with Crippen LogP contribution in [0, 0.1) is 13.8 Å². The predicted octanol–water partition coefficient (Wildman–Crippen LogP) is 1.26. The van der Waals surface area contributed by atoms with Crippen molar-refractivity contribution in [3.05, 3.63) is 29.3 Å². The Kier molecular flexibility index (Phi) is 5.20. The van der Waals surface area contributed by atoms with Gasteiger partial charge in [-0.2, -0.15) is 0 Å². The molecular formula is C16H24N2O3. The summed E-state index contributed by atoms with van der Waals surface area (Å²) >= 11 is 0. The number of aryl methyl sites for hydroxylation is 1. The van der Waals surface area contributed by atoms with Gasteiger partial charge in [-0.05, 0) is 37.5 Å². The van der Waals surface area contributed by atoms with Crippen molar-refractivity contribution < 1.29 is 14.3 Å². The van der Waals surface area contributed by atoms with Crippen LogP contribution < -0.4 is 10.5 Å². The molecule has 0 aromatic heterocycles. The minimum Gasteiger partial charge on any atom is -0.483 e. The van der Waals surface area contributed by atoms with E-state index in [-0.39, 0.29) is 24.7 Å². The molecular weight excluding hydrogens is 268 g/mol. The van der Waals surface area contributed by atoms with E-state index in [2.05, 4.69) is 0 Å². The number of ether oxygens (including phenoxy) is 2. The molecule has 1 amide bonds. The molecule has 2 atom stereocenters. The first-order valence-electron chi connectivity index (χ1n) is 7.28. The van der Waals surface area contributed by atoms with Gasteiger partial charge in [0.25, 0.3) is 5.91 Å². The van der Waals surface area contributed by atoms with Crippen molar-refractivity contribution in [3.63, 3.8) is 0 Å². The van der Waals surface area contributed by atoms with Crippen molar-refractivity contribution in [2.75, 3.05) is 26.8 Å². The van der Waals surface area contributed by atoms with E-state index >= 15 is 0 Å². The zero-order chi connectivity index (χ0) is 15.4. The maximum absolute atomic E-state index is 12.2. The molecule has 0 aliphatic carbocycles. The summed E-state index contributed by atoms with van der Waals surface area (Å²) < 4.78 is 11.0. The fourth-order valence-electron chi connectivity index (χ4n) is 2.52. The molecule has 1 aromatic rings. The van der Waals surface area contributed by atoms with Gasteiger partial charge in [-0.3, -0.25) is 4.79 Å². The van der Waals surface area contributed by atoms with Gasteiger partial charge in [0.05, 0.1) is 6.10 Å². The molecule has 1 aromatic carbocycles. The van der Waals surface area contributed by atoms with Crippen LogP contribution in [0.3, 0.4) is 0 Å². The van der Waals surface area contributed by atoms with E-state index in [1.54, 1.807) is 12.0 Å². The highest BCUT2D eigenvalue weighted by molar-refractivity contribution is 5.78. The number of nitrogens with zero attached hydrogens (tertiary/aromatic N) is 1. The first kappa shape index (κ1) is 15.8. The molecule has 2 N–H and O–H groups in total. The van der Waals surface area contributed by atoms with Gasteiger partial charge in [0.2, 0.25) is 0 Å². The van der Waals surface area contributed by atoms with E-state index in [0.717, 1.165) is 23.3 Å². The van der Waals surface area contributed by atoms with E-state index in [1.807, 2.05) is 32.0 Å². The number of hydrogen-bond acceptors (Lipinski definition) is 4. The van der Waals surface area contributed by atoms with Crippen LogP contribution in [-0.4, -0.2) is 49.8 Å². The smallest absolute Gasteiger partial charge is 0.260 e. The molecule has 116 valence electrons. The summed E-state index contributed by atoms with van der Waals surface area (Å²) in [5.41, 5.74) is 8.19. The van der Waals surface area contributed by atoms with E-state index in [0.29, 0.717) is 13.1 Å². The van der Waals surface area contributed by atoms with Crippen LogP contribution in [-0.2, 0) is 9.53 Å². The molecule has 1 aliphatic rings. The van der Waals surface area contributed by atoms with Crippen molar-refractivity contribution in [3.8, 4) is 5.75 Å². The Morgan fingerprint density at radius 3 is 2.90 bits per heavy atom. The number of carbonyl (C=O) groups excluding carboxylic acids is 1. The lowest BCUT2D eigenvalue weighted by molar-refractivity contribution is -0.137. The van der Waals surface area contributed by atoms with Gasteiger partial charge in [0.15, 0.2) is 6.61 Å². The summed E-state index contributed by atoms with van der Waals surface area (Å²) in [6.45, 7) is 5.27. The maximum atomic E-state index is 12.2. The van der Waals surface area contributed by atoms with Crippen LogP contribution in [0.1, 0.15) is 17.5 Å². The van der Waals surface area contributed by atoms with Crippen molar-refractivity contribution in [1.29, 1.82) is 0 Å². The van der Waals surface area contributed by atoms with E-state index < -0.39 is 0 Å². The van der Waals surface area contributed by atoms with Crippen molar-refractivity contribution in [1.82, 2.24) is 4.90 Å². The second-order valence-corrected chi connectivity index (χ2v) is 5.55. The average Bonchev–Trinajstić information content (AvgIpc) is 2.49. The lowest BCUT2D eigenvalue weighted by atomic mass is 10.0. The number of methoxy groups -OCH3 is 1. The van der Waals surface area contributed by atoms with Gasteiger partial charge >= 0.3 is 0 Å². The summed E-state index contributed by atoms with van der Waals surface area (Å²) in [5, 5.41) is 0. The largest absolute Gasteiger partial charge is 0.483 e. The molecule has 1 fully saturated rings. The second-order valence-electron chi connectivity index (χ2n) is 5.55. The number of rotatable bonds is 4. The highest BCUT2D eigenvalue weighted by Gasteiger charge is 2.29. The third-order valence-electron chi connectivity index (χ3n) is 4.17. The zero-order valence-electron chi connectivity index (χ0n) is 13.0. The third kappa shape index (κ3) is 3.74. The molecule has 0 radical (unpaired) electrons. The van der Waals surface area contributed by atoms with E-state index in [1.165, 1.54) is 0 Å². The quantitative estimate of drug-likeness (QED) is 0.907. The summed E-state index contributed by atoms with van der Waals surface area (Å²) in [4.78, 5) is 14.0. The molecule has 5 nitrogen and oxygen atoms in total. The molecule has 5 heteroatoms. The molecule has 0 unspecified atom stereocenters. The first-order valence-corrected chi connectivity index (χ1v) is 7.28. The fraction of sp³-hybridized carbons (Fsp3) is 0.562. The van der Waals surface area contributed by atoms with E-state index in [9.17, 15) is 4.79 Å². The highest BCUT2D eigenvalue weighted by atomic mass is 16.5. The summed E-state index contributed by atoms with van der Waals surface area (Å²) in [6, 6.07) is 5.85. The van der Waals surface area contributed by atoms with E-state index in [4.69, 9.17) is 15.2 Å². The Hall–Kier alpha value is -1.59. The molecule has 0 saturated carbocycles. The van der Waals surface area contributed by atoms with Gasteiger partial charge < -0.3 is 20.1 Å². The predicted molar refractivity (Wildman–Crippen MR) is 81.4 cm³/mol. The SMILES string of the molecule is CO[C@H]1CN(C(=O)COc2cccc(C)c2C)CC[C@H]1N. The minimum absolute atomic E-state index is 0.000939. The Morgan fingerprint density at radius 1 is 1.43 bits per heavy atom. The standard InChI is InChI=1S/C16H24N2O3/c1-11-5-4-6-14(12(11)2)21-10-16(19)18-8-7-13(17)15(9-18)20-3/h4-6,13,15H,7-10,17H2,1-3H3/t13-,15+/m1/s1. The molecule has 0 bridgehead atoms. The molecule has 1 saturated heterocycles. The van der Waals surface area contributed by atoms with Crippen molar-refractivity contribution in [2.24, 2.45) is 5.73 Å². The average molecular weight is 292 g/mol. The van der Waals surface area contributed by atoms with Crippen LogP contribution in [0.5, 0.6) is 5.75 Å². The number of carbonyl (C=O) groups is 1. The zero-order valence-corrected chi connectivity index (χ0v) is 13.0. The number of benzene rings is 1. The first-order chi connectivity index (χ1) is 10.0. The lowest BCUT2D eigenvalue weighted by Crippen LogP contribution is -2.53. The Morgan fingerprint density at radius 2 is 2.19 bits per heavy atom.